The van der Waals surface area contributed by atoms with Crippen molar-refractivity contribution in [2.45, 2.75) is 39.4 Å². The second kappa shape index (κ2) is 9.65. The van der Waals surface area contributed by atoms with Crippen molar-refractivity contribution in [2.75, 3.05) is 27.2 Å². The molecule has 1 aromatic heterocycles. The van der Waals surface area contributed by atoms with Crippen molar-refractivity contribution in [1.29, 1.82) is 0 Å². The minimum atomic E-state index is -0.305. The fourth-order valence-electron chi connectivity index (χ4n) is 3.27. The van der Waals surface area contributed by atoms with Gasteiger partial charge in [-0.25, -0.2) is 4.68 Å². The summed E-state index contributed by atoms with van der Waals surface area (Å²) in [6, 6.07) is 8.36. The van der Waals surface area contributed by atoms with Gasteiger partial charge in [-0.15, -0.1) is 5.10 Å². The number of carbonyl (C=O) groups is 2. The Labute approximate surface area is 171 Å². The maximum atomic E-state index is 12.3. The lowest BCUT2D eigenvalue weighted by Crippen LogP contribution is -2.32. The van der Waals surface area contributed by atoms with Gasteiger partial charge in [0, 0.05) is 27.2 Å². The van der Waals surface area contributed by atoms with Crippen molar-refractivity contribution in [2.24, 2.45) is 5.92 Å². The van der Waals surface area contributed by atoms with Gasteiger partial charge < -0.3 is 10.2 Å². The van der Waals surface area contributed by atoms with Crippen LogP contribution in [0.3, 0.4) is 0 Å². The van der Waals surface area contributed by atoms with Gasteiger partial charge >= 0.3 is 0 Å². The van der Waals surface area contributed by atoms with Crippen molar-refractivity contribution in [3.63, 3.8) is 0 Å². The number of benzene rings is 1. The molecule has 156 valence electrons. The molecule has 0 unspecified atom stereocenters. The predicted molar refractivity (Wildman–Crippen MR) is 110 cm³/mol. The Balaban J connectivity index is 1.46. The molecule has 1 aromatic carbocycles. The Morgan fingerprint density at radius 3 is 2.45 bits per heavy atom. The highest BCUT2D eigenvalue weighted by molar-refractivity contribution is 5.91. The summed E-state index contributed by atoms with van der Waals surface area (Å²) in [5, 5.41) is 10.5. The molecule has 2 amide bonds. The number of nitrogens with one attached hydrogen (secondary N) is 1. The van der Waals surface area contributed by atoms with Crippen molar-refractivity contribution >= 4 is 11.8 Å². The Hall–Kier alpha value is -2.74. The van der Waals surface area contributed by atoms with Crippen molar-refractivity contribution in [3.05, 3.63) is 47.3 Å². The molecular formula is C21H30N6O2. The first-order valence-corrected chi connectivity index (χ1v) is 10.1. The monoisotopic (exact) mass is 398 g/mol. The molecule has 8 heteroatoms. The van der Waals surface area contributed by atoms with E-state index in [4.69, 9.17) is 0 Å². The van der Waals surface area contributed by atoms with E-state index in [2.05, 4.69) is 51.7 Å². The number of piperidine rings is 1. The maximum absolute atomic E-state index is 12.3. The third-order valence-corrected chi connectivity index (χ3v) is 5.33. The molecule has 1 aliphatic rings. The fraction of sp³-hybridized carbons (Fsp3) is 0.524. The van der Waals surface area contributed by atoms with E-state index in [1.165, 1.54) is 47.3 Å². The van der Waals surface area contributed by atoms with Crippen LogP contribution in [0.1, 0.15) is 41.4 Å². The number of hydrogen-bond donors (Lipinski definition) is 1. The SMILES string of the molecule is CC1CCN(Cc2ccc(CNC(=O)c3cn(CC(=O)N(C)C)nn3)cc2)CC1. The third kappa shape index (κ3) is 6.12. The summed E-state index contributed by atoms with van der Waals surface area (Å²) in [4.78, 5) is 28.0. The second-order valence-corrected chi connectivity index (χ2v) is 8.05. The van der Waals surface area contributed by atoms with E-state index in [1.54, 1.807) is 14.1 Å². The van der Waals surface area contributed by atoms with Crippen LogP contribution in [0, 0.1) is 5.92 Å². The van der Waals surface area contributed by atoms with Crippen LogP contribution >= 0.6 is 0 Å². The number of rotatable bonds is 7. The summed E-state index contributed by atoms with van der Waals surface area (Å²) < 4.78 is 1.37. The smallest absolute Gasteiger partial charge is 0.273 e. The van der Waals surface area contributed by atoms with Gasteiger partial charge in [-0.2, -0.15) is 0 Å². The zero-order valence-corrected chi connectivity index (χ0v) is 17.5. The molecule has 0 radical (unpaired) electrons. The molecule has 3 rings (SSSR count). The van der Waals surface area contributed by atoms with Crippen LogP contribution in [0.5, 0.6) is 0 Å². The molecule has 2 heterocycles. The molecule has 1 N–H and O–H groups in total. The highest BCUT2D eigenvalue weighted by Gasteiger charge is 2.16. The predicted octanol–water partition coefficient (Wildman–Crippen LogP) is 1.53. The van der Waals surface area contributed by atoms with Crippen LogP contribution in [0.4, 0.5) is 0 Å². The average Bonchev–Trinajstić information content (AvgIpc) is 3.17. The molecule has 0 bridgehead atoms. The van der Waals surface area contributed by atoms with E-state index in [9.17, 15) is 9.59 Å². The number of likely N-dealkylation sites (N-methyl/N-ethyl adjacent to an activating group) is 1. The molecule has 1 aliphatic heterocycles. The first-order valence-electron chi connectivity index (χ1n) is 10.1. The first-order chi connectivity index (χ1) is 13.9. The topological polar surface area (TPSA) is 83.4 Å². The van der Waals surface area contributed by atoms with Gasteiger partial charge in [0.2, 0.25) is 5.91 Å². The van der Waals surface area contributed by atoms with Gasteiger partial charge in [0.25, 0.3) is 5.91 Å². The Kier molecular flexibility index (Phi) is 6.98. The Morgan fingerprint density at radius 2 is 1.79 bits per heavy atom. The van der Waals surface area contributed by atoms with E-state index < -0.39 is 0 Å². The number of nitrogens with zero attached hydrogens (tertiary/aromatic N) is 5. The van der Waals surface area contributed by atoms with E-state index in [-0.39, 0.29) is 24.1 Å². The van der Waals surface area contributed by atoms with Crippen LogP contribution in [0.2, 0.25) is 0 Å². The maximum Gasteiger partial charge on any atom is 0.273 e. The standard InChI is InChI=1S/C21H30N6O2/c1-16-8-10-26(11-9-16)13-18-6-4-17(5-7-18)12-22-21(29)19-14-27(24-23-19)15-20(28)25(2)3/h4-7,14,16H,8-13,15H2,1-3H3,(H,22,29). The molecule has 8 nitrogen and oxygen atoms in total. The molecule has 1 saturated heterocycles. The first kappa shape index (κ1) is 21.0. The lowest BCUT2D eigenvalue weighted by Gasteiger charge is -2.30. The van der Waals surface area contributed by atoms with Crippen molar-refractivity contribution in [1.82, 2.24) is 30.1 Å². The van der Waals surface area contributed by atoms with Crippen LogP contribution in [-0.2, 0) is 24.4 Å². The van der Waals surface area contributed by atoms with Crippen molar-refractivity contribution in [3.8, 4) is 0 Å². The normalized spacial score (nSPS) is 15.3. The van der Waals surface area contributed by atoms with Gasteiger partial charge in [0.1, 0.15) is 6.54 Å². The molecule has 0 saturated carbocycles. The third-order valence-electron chi connectivity index (χ3n) is 5.33. The van der Waals surface area contributed by atoms with Crippen LogP contribution in [-0.4, -0.2) is 63.8 Å². The Morgan fingerprint density at radius 1 is 1.14 bits per heavy atom. The van der Waals surface area contributed by atoms with E-state index >= 15 is 0 Å². The number of amides is 2. The minimum absolute atomic E-state index is 0.0602. The molecular weight excluding hydrogens is 368 g/mol. The molecule has 0 aliphatic carbocycles. The summed E-state index contributed by atoms with van der Waals surface area (Å²) in [5.74, 6) is 0.424. The molecule has 0 atom stereocenters. The second-order valence-electron chi connectivity index (χ2n) is 8.05. The van der Waals surface area contributed by atoms with Gasteiger partial charge in [-0.3, -0.25) is 14.5 Å². The average molecular weight is 399 g/mol. The quantitative estimate of drug-likeness (QED) is 0.765. The molecule has 2 aromatic rings. The highest BCUT2D eigenvalue weighted by atomic mass is 16.2. The van der Waals surface area contributed by atoms with Gasteiger partial charge in [0.05, 0.1) is 6.20 Å². The lowest BCUT2D eigenvalue weighted by atomic mass is 9.99. The van der Waals surface area contributed by atoms with E-state index in [1.807, 2.05) is 0 Å². The summed E-state index contributed by atoms with van der Waals surface area (Å²) in [6.45, 7) is 6.12. The van der Waals surface area contributed by atoms with E-state index in [0.717, 1.165) is 18.0 Å². The van der Waals surface area contributed by atoms with Crippen LogP contribution in [0.15, 0.2) is 30.5 Å². The van der Waals surface area contributed by atoms with Gasteiger partial charge in [-0.05, 0) is 43.0 Å². The zero-order valence-electron chi connectivity index (χ0n) is 17.5. The fourth-order valence-corrected chi connectivity index (χ4v) is 3.27. The summed E-state index contributed by atoms with van der Waals surface area (Å²) in [6.07, 6.45) is 4.04. The molecule has 1 fully saturated rings. The molecule has 29 heavy (non-hydrogen) atoms. The number of carbonyl (C=O) groups excluding carboxylic acids is 2. The summed E-state index contributed by atoms with van der Waals surface area (Å²) in [7, 11) is 3.34. The number of likely N-dealkylation sites (tertiary alicyclic amines) is 1. The van der Waals surface area contributed by atoms with Gasteiger partial charge in [0.15, 0.2) is 5.69 Å². The summed E-state index contributed by atoms with van der Waals surface area (Å²) in [5.41, 5.74) is 2.53. The zero-order chi connectivity index (χ0) is 20.8. The largest absolute Gasteiger partial charge is 0.347 e. The lowest BCUT2D eigenvalue weighted by molar-refractivity contribution is -0.129. The van der Waals surface area contributed by atoms with E-state index in [0.29, 0.717) is 6.54 Å². The van der Waals surface area contributed by atoms with Crippen molar-refractivity contribution < 1.29 is 9.59 Å². The Bertz CT molecular complexity index is 822. The highest BCUT2D eigenvalue weighted by Crippen LogP contribution is 2.18. The number of aromatic nitrogens is 3. The summed E-state index contributed by atoms with van der Waals surface area (Å²) >= 11 is 0. The molecule has 0 spiro atoms. The van der Waals surface area contributed by atoms with Gasteiger partial charge in [-0.1, -0.05) is 36.4 Å². The van der Waals surface area contributed by atoms with Crippen LogP contribution in [0.25, 0.3) is 0 Å². The van der Waals surface area contributed by atoms with Crippen LogP contribution < -0.4 is 5.32 Å². The minimum Gasteiger partial charge on any atom is -0.347 e. The number of hydrogen-bond acceptors (Lipinski definition) is 5.